The lowest BCUT2D eigenvalue weighted by atomic mass is 10.1. The van der Waals surface area contributed by atoms with E-state index < -0.39 is 28.4 Å². The van der Waals surface area contributed by atoms with Gasteiger partial charge in [-0.05, 0) is 25.3 Å². The van der Waals surface area contributed by atoms with Crippen LogP contribution in [0.25, 0.3) is 0 Å². The van der Waals surface area contributed by atoms with Crippen LogP contribution in [0.1, 0.15) is 36.6 Å². The average Bonchev–Trinajstić information content (AvgIpc) is 3.48. The zero-order valence-electron chi connectivity index (χ0n) is 17.4. The normalized spacial score (nSPS) is 27.0. The summed E-state index contributed by atoms with van der Waals surface area (Å²) in [6.45, 7) is 2.02. The predicted molar refractivity (Wildman–Crippen MR) is 112 cm³/mol. The maximum absolute atomic E-state index is 11.0. The van der Waals surface area contributed by atoms with Crippen molar-refractivity contribution in [2.75, 3.05) is 25.1 Å². The summed E-state index contributed by atoms with van der Waals surface area (Å²) in [7, 11) is -4.07. The number of nitrogens with one attached hydrogen (secondary N) is 1. The van der Waals surface area contributed by atoms with E-state index in [0.29, 0.717) is 35.8 Å². The molecule has 176 valence electrons. The minimum absolute atomic E-state index is 0.194. The van der Waals surface area contributed by atoms with Gasteiger partial charge >= 0.3 is 10.3 Å². The molecule has 3 heterocycles. The van der Waals surface area contributed by atoms with Crippen LogP contribution in [0.2, 0.25) is 0 Å². The zero-order chi connectivity index (χ0) is 22.7. The standard InChI is InChI=1S/C19H28N6O6S/c20-32(28,29)31-10-13-5-14(6-17(13)26)23-19-15(7-21-11-22-19)18(27)16-1-3-25(24-16)8-12-2-4-30-9-12/h1,3,7,11-14,17-18,26-27H,2,4-6,8-10H2,(H2,20,28,29)(H,21,22,23). The number of ether oxygens (including phenoxy) is 1. The number of aromatic nitrogens is 4. The van der Waals surface area contributed by atoms with E-state index in [2.05, 4.69) is 24.6 Å². The van der Waals surface area contributed by atoms with Gasteiger partial charge in [-0.3, -0.25) is 8.86 Å². The molecule has 0 aromatic carbocycles. The van der Waals surface area contributed by atoms with Crippen molar-refractivity contribution < 1.29 is 27.6 Å². The van der Waals surface area contributed by atoms with Gasteiger partial charge in [-0.2, -0.15) is 13.5 Å². The highest BCUT2D eigenvalue weighted by Crippen LogP contribution is 2.32. The topological polar surface area (TPSA) is 175 Å². The van der Waals surface area contributed by atoms with Crippen molar-refractivity contribution in [2.45, 2.75) is 44.1 Å². The highest BCUT2D eigenvalue weighted by atomic mass is 32.2. The summed E-state index contributed by atoms with van der Waals surface area (Å²) in [6, 6.07) is 1.57. The number of anilines is 1. The molecule has 5 unspecified atom stereocenters. The number of aliphatic hydroxyl groups excluding tert-OH is 2. The van der Waals surface area contributed by atoms with E-state index in [0.717, 1.165) is 26.2 Å². The fraction of sp³-hybridized carbons (Fsp3) is 0.632. The summed E-state index contributed by atoms with van der Waals surface area (Å²) < 4.78 is 33.9. The maximum Gasteiger partial charge on any atom is 0.333 e. The predicted octanol–water partition coefficient (Wildman–Crippen LogP) is -0.437. The molecule has 1 saturated heterocycles. The van der Waals surface area contributed by atoms with Crippen LogP contribution in [0, 0.1) is 11.8 Å². The smallest absolute Gasteiger partial charge is 0.333 e. The van der Waals surface area contributed by atoms with E-state index in [1.807, 2.05) is 6.20 Å². The lowest BCUT2D eigenvalue weighted by molar-refractivity contribution is 0.101. The molecule has 2 aliphatic rings. The van der Waals surface area contributed by atoms with E-state index in [4.69, 9.17) is 9.88 Å². The molecule has 4 rings (SSSR count). The van der Waals surface area contributed by atoms with Gasteiger partial charge in [-0.25, -0.2) is 15.1 Å². The van der Waals surface area contributed by atoms with Crippen LogP contribution < -0.4 is 10.5 Å². The first-order valence-electron chi connectivity index (χ1n) is 10.5. The monoisotopic (exact) mass is 468 g/mol. The van der Waals surface area contributed by atoms with Gasteiger partial charge in [0, 0.05) is 49.0 Å². The zero-order valence-corrected chi connectivity index (χ0v) is 18.3. The van der Waals surface area contributed by atoms with Crippen molar-refractivity contribution in [2.24, 2.45) is 17.0 Å². The van der Waals surface area contributed by atoms with Crippen molar-refractivity contribution in [1.82, 2.24) is 19.7 Å². The third-order valence-electron chi connectivity index (χ3n) is 5.89. The highest BCUT2D eigenvalue weighted by molar-refractivity contribution is 7.84. The van der Waals surface area contributed by atoms with E-state index in [1.165, 1.54) is 12.5 Å². The van der Waals surface area contributed by atoms with Crippen LogP contribution in [0.4, 0.5) is 5.82 Å². The fourth-order valence-electron chi connectivity index (χ4n) is 4.21. The maximum atomic E-state index is 11.0. The van der Waals surface area contributed by atoms with Crippen LogP contribution in [0.3, 0.4) is 0 Å². The van der Waals surface area contributed by atoms with E-state index in [1.54, 1.807) is 10.7 Å². The van der Waals surface area contributed by atoms with Gasteiger partial charge in [-0.1, -0.05) is 0 Å². The van der Waals surface area contributed by atoms with Crippen LogP contribution in [0.15, 0.2) is 24.8 Å². The molecule has 5 N–H and O–H groups in total. The van der Waals surface area contributed by atoms with Gasteiger partial charge in [0.1, 0.15) is 18.2 Å². The van der Waals surface area contributed by atoms with Crippen LogP contribution in [-0.2, 0) is 25.8 Å². The van der Waals surface area contributed by atoms with Gasteiger partial charge in [-0.15, -0.1) is 0 Å². The Balaban J connectivity index is 1.41. The Morgan fingerprint density at radius 2 is 2.25 bits per heavy atom. The van der Waals surface area contributed by atoms with E-state index in [-0.39, 0.29) is 12.6 Å². The third-order valence-corrected chi connectivity index (χ3v) is 6.36. The highest BCUT2D eigenvalue weighted by Gasteiger charge is 2.35. The molecule has 1 saturated carbocycles. The van der Waals surface area contributed by atoms with Crippen LogP contribution >= 0.6 is 0 Å². The largest absolute Gasteiger partial charge is 0.393 e. The molecular weight excluding hydrogens is 440 g/mol. The van der Waals surface area contributed by atoms with Gasteiger partial charge in [0.25, 0.3) is 0 Å². The first-order chi connectivity index (χ1) is 15.3. The molecule has 2 fully saturated rings. The van der Waals surface area contributed by atoms with Crippen molar-refractivity contribution >= 4 is 16.1 Å². The number of hydrogen-bond acceptors (Lipinski definition) is 10. The molecule has 2 aromatic heterocycles. The Kier molecular flexibility index (Phi) is 7.02. The second kappa shape index (κ2) is 9.77. The quantitative estimate of drug-likeness (QED) is 0.378. The van der Waals surface area contributed by atoms with Gasteiger partial charge in [0.2, 0.25) is 0 Å². The Morgan fingerprint density at radius 1 is 1.41 bits per heavy atom. The molecule has 1 aliphatic heterocycles. The van der Waals surface area contributed by atoms with Gasteiger partial charge in [0.05, 0.1) is 25.0 Å². The van der Waals surface area contributed by atoms with E-state index >= 15 is 0 Å². The number of hydrogen-bond donors (Lipinski definition) is 4. The molecule has 0 amide bonds. The molecule has 13 heteroatoms. The Morgan fingerprint density at radius 3 is 3.00 bits per heavy atom. The lowest BCUT2D eigenvalue weighted by Gasteiger charge is -2.18. The first kappa shape index (κ1) is 23.0. The van der Waals surface area contributed by atoms with Crippen molar-refractivity contribution in [3.63, 3.8) is 0 Å². The average molecular weight is 469 g/mol. The summed E-state index contributed by atoms with van der Waals surface area (Å²) in [5.74, 6) is 0.449. The Hall–Kier alpha value is -2.16. The molecule has 32 heavy (non-hydrogen) atoms. The minimum atomic E-state index is -4.07. The van der Waals surface area contributed by atoms with Gasteiger partial charge in [0.15, 0.2) is 0 Å². The van der Waals surface area contributed by atoms with Crippen LogP contribution in [0.5, 0.6) is 0 Å². The second-order valence-corrected chi connectivity index (χ2v) is 9.56. The molecule has 0 bridgehead atoms. The summed E-state index contributed by atoms with van der Waals surface area (Å²) in [5.41, 5.74) is 0.938. The Labute approximate surface area is 186 Å². The molecular formula is C19H28N6O6S. The lowest BCUT2D eigenvalue weighted by Crippen LogP contribution is -2.24. The first-order valence-corrected chi connectivity index (χ1v) is 12.0. The summed E-state index contributed by atoms with van der Waals surface area (Å²) >= 11 is 0. The summed E-state index contributed by atoms with van der Waals surface area (Å²) in [4.78, 5) is 8.28. The van der Waals surface area contributed by atoms with Gasteiger partial charge < -0.3 is 20.3 Å². The molecule has 0 radical (unpaired) electrons. The van der Waals surface area contributed by atoms with Crippen molar-refractivity contribution in [3.05, 3.63) is 36.0 Å². The van der Waals surface area contributed by atoms with Crippen molar-refractivity contribution in [1.29, 1.82) is 0 Å². The van der Waals surface area contributed by atoms with Crippen molar-refractivity contribution in [3.8, 4) is 0 Å². The second-order valence-electron chi connectivity index (χ2n) is 8.34. The molecule has 12 nitrogen and oxygen atoms in total. The number of rotatable bonds is 9. The van der Waals surface area contributed by atoms with E-state index in [9.17, 15) is 18.6 Å². The summed E-state index contributed by atoms with van der Waals surface area (Å²) in [6.07, 6.45) is 4.75. The number of nitrogens with two attached hydrogens (primary N) is 1. The fourth-order valence-corrected chi connectivity index (χ4v) is 4.58. The van der Waals surface area contributed by atoms with Crippen LogP contribution in [-0.4, -0.2) is 70.3 Å². The summed E-state index contributed by atoms with van der Waals surface area (Å²) in [5, 5.41) is 33.8. The molecule has 2 aromatic rings. The molecule has 1 aliphatic carbocycles. The number of nitrogens with zero attached hydrogens (tertiary/aromatic N) is 4. The Bertz CT molecular complexity index is 1010. The minimum Gasteiger partial charge on any atom is -0.393 e. The SMILES string of the molecule is NS(=O)(=O)OCC1CC(Nc2ncncc2C(O)c2ccn(CC3CCOC3)n2)CC1O. The molecule has 5 atom stereocenters. The number of aliphatic hydroxyl groups is 2. The third kappa shape index (κ3) is 5.79. The molecule has 0 spiro atoms.